The summed E-state index contributed by atoms with van der Waals surface area (Å²) in [5.74, 6) is 0.332. The molecule has 0 saturated carbocycles. The molecule has 4 nitrogen and oxygen atoms in total. The minimum absolute atomic E-state index is 0.149. The molecule has 0 spiro atoms. The van der Waals surface area contributed by atoms with Crippen LogP contribution < -0.4 is 0 Å². The van der Waals surface area contributed by atoms with Crippen LogP contribution >= 0.6 is 0 Å². The smallest absolute Gasteiger partial charge is 0.111 e. The van der Waals surface area contributed by atoms with Crippen LogP contribution in [0.5, 0.6) is 0 Å². The fraction of sp³-hybridized carbons (Fsp3) is 0.571. The molecule has 18 heavy (non-hydrogen) atoms. The molecule has 0 aromatic rings. The van der Waals surface area contributed by atoms with E-state index in [0.717, 1.165) is 5.57 Å². The SMILES string of the molecule is CC1C=CC=C([C@H]2OC(CO)CC(O)C2O)C=C1. The van der Waals surface area contributed by atoms with Crippen LogP contribution in [-0.4, -0.2) is 46.3 Å². The van der Waals surface area contributed by atoms with Crippen molar-refractivity contribution in [3.63, 3.8) is 0 Å². The van der Waals surface area contributed by atoms with Crippen LogP contribution in [0.3, 0.4) is 0 Å². The molecule has 1 heterocycles. The van der Waals surface area contributed by atoms with Crippen molar-refractivity contribution in [2.45, 2.75) is 37.8 Å². The molecule has 4 heteroatoms. The molecule has 1 aliphatic carbocycles. The third kappa shape index (κ3) is 2.90. The van der Waals surface area contributed by atoms with Gasteiger partial charge in [0, 0.05) is 6.42 Å². The first-order valence-corrected chi connectivity index (χ1v) is 6.31. The molecule has 0 radical (unpaired) electrons. The molecule has 2 aliphatic rings. The summed E-state index contributed by atoms with van der Waals surface area (Å²) < 4.78 is 5.64. The number of allylic oxidation sites excluding steroid dienone is 4. The van der Waals surface area contributed by atoms with Gasteiger partial charge < -0.3 is 20.1 Å². The Hall–Kier alpha value is -0.940. The molecular weight excluding hydrogens is 232 g/mol. The molecule has 0 bridgehead atoms. The molecule has 0 amide bonds. The monoisotopic (exact) mass is 252 g/mol. The van der Waals surface area contributed by atoms with Crippen molar-refractivity contribution in [3.05, 3.63) is 36.0 Å². The third-order valence-corrected chi connectivity index (χ3v) is 3.38. The van der Waals surface area contributed by atoms with Gasteiger partial charge in [-0.2, -0.15) is 0 Å². The zero-order valence-corrected chi connectivity index (χ0v) is 10.4. The summed E-state index contributed by atoms with van der Waals surface area (Å²) in [6.45, 7) is 1.91. The van der Waals surface area contributed by atoms with Crippen molar-refractivity contribution < 1.29 is 20.1 Å². The summed E-state index contributed by atoms with van der Waals surface area (Å²) in [5, 5.41) is 28.9. The Balaban J connectivity index is 2.17. The zero-order valence-electron chi connectivity index (χ0n) is 10.4. The molecule has 1 saturated heterocycles. The van der Waals surface area contributed by atoms with Crippen LogP contribution in [0.2, 0.25) is 0 Å². The van der Waals surface area contributed by atoms with Gasteiger partial charge in [-0.25, -0.2) is 0 Å². The van der Waals surface area contributed by atoms with Gasteiger partial charge in [-0.3, -0.25) is 0 Å². The van der Waals surface area contributed by atoms with Gasteiger partial charge in [0.2, 0.25) is 0 Å². The second-order valence-corrected chi connectivity index (χ2v) is 4.92. The molecular formula is C14H20O4. The average Bonchev–Trinajstić information content (AvgIpc) is 2.57. The maximum absolute atomic E-state index is 10.0. The van der Waals surface area contributed by atoms with Gasteiger partial charge in [0.25, 0.3) is 0 Å². The summed E-state index contributed by atoms with van der Waals surface area (Å²) in [5.41, 5.74) is 0.820. The van der Waals surface area contributed by atoms with Crippen LogP contribution in [0.15, 0.2) is 36.0 Å². The predicted molar refractivity (Wildman–Crippen MR) is 67.9 cm³/mol. The van der Waals surface area contributed by atoms with Gasteiger partial charge in [-0.15, -0.1) is 0 Å². The Morgan fingerprint density at radius 1 is 1.33 bits per heavy atom. The van der Waals surface area contributed by atoms with Crippen LogP contribution in [0.1, 0.15) is 13.3 Å². The lowest BCUT2D eigenvalue weighted by atomic mass is 9.92. The highest BCUT2D eigenvalue weighted by atomic mass is 16.5. The topological polar surface area (TPSA) is 69.9 Å². The number of hydrogen-bond acceptors (Lipinski definition) is 4. The van der Waals surface area contributed by atoms with Gasteiger partial charge >= 0.3 is 0 Å². The molecule has 2 rings (SSSR count). The second kappa shape index (κ2) is 5.80. The number of aliphatic hydroxyl groups is 3. The van der Waals surface area contributed by atoms with Crippen molar-refractivity contribution in [2.75, 3.05) is 6.61 Å². The highest BCUT2D eigenvalue weighted by Crippen LogP contribution is 2.27. The van der Waals surface area contributed by atoms with E-state index in [-0.39, 0.29) is 13.0 Å². The molecule has 0 aromatic heterocycles. The van der Waals surface area contributed by atoms with Crippen molar-refractivity contribution in [1.82, 2.24) is 0 Å². The minimum Gasteiger partial charge on any atom is -0.394 e. The van der Waals surface area contributed by atoms with Crippen molar-refractivity contribution in [3.8, 4) is 0 Å². The van der Waals surface area contributed by atoms with E-state index >= 15 is 0 Å². The average molecular weight is 252 g/mol. The Kier molecular flexibility index (Phi) is 4.35. The molecule has 0 aromatic carbocycles. The number of rotatable bonds is 2. The van der Waals surface area contributed by atoms with Gasteiger partial charge in [0.15, 0.2) is 0 Å². The summed E-state index contributed by atoms with van der Waals surface area (Å²) in [7, 11) is 0. The van der Waals surface area contributed by atoms with Crippen LogP contribution in [0, 0.1) is 5.92 Å². The number of aliphatic hydroxyl groups excluding tert-OH is 3. The van der Waals surface area contributed by atoms with Crippen LogP contribution in [0.4, 0.5) is 0 Å². The first kappa shape index (κ1) is 13.5. The molecule has 5 atom stereocenters. The van der Waals surface area contributed by atoms with E-state index in [1.807, 2.05) is 30.4 Å². The van der Waals surface area contributed by atoms with E-state index in [1.165, 1.54) is 0 Å². The Labute approximate surface area is 107 Å². The fourth-order valence-electron chi connectivity index (χ4n) is 2.26. The van der Waals surface area contributed by atoms with E-state index in [2.05, 4.69) is 6.92 Å². The van der Waals surface area contributed by atoms with Gasteiger partial charge in [-0.1, -0.05) is 37.3 Å². The zero-order chi connectivity index (χ0) is 13.1. The van der Waals surface area contributed by atoms with E-state index in [4.69, 9.17) is 9.84 Å². The van der Waals surface area contributed by atoms with E-state index < -0.39 is 24.4 Å². The van der Waals surface area contributed by atoms with E-state index in [9.17, 15) is 10.2 Å². The minimum atomic E-state index is -0.953. The lowest BCUT2D eigenvalue weighted by Gasteiger charge is -2.37. The first-order valence-electron chi connectivity index (χ1n) is 6.31. The van der Waals surface area contributed by atoms with Crippen molar-refractivity contribution in [1.29, 1.82) is 0 Å². The van der Waals surface area contributed by atoms with Crippen LogP contribution in [-0.2, 0) is 4.74 Å². The Morgan fingerprint density at radius 3 is 2.83 bits per heavy atom. The lowest BCUT2D eigenvalue weighted by Crippen LogP contribution is -2.49. The summed E-state index contributed by atoms with van der Waals surface area (Å²) in [6.07, 6.45) is 7.20. The lowest BCUT2D eigenvalue weighted by molar-refractivity contribution is -0.162. The van der Waals surface area contributed by atoms with Crippen molar-refractivity contribution in [2.24, 2.45) is 5.92 Å². The summed E-state index contributed by atoms with van der Waals surface area (Å²) >= 11 is 0. The standard InChI is InChI=1S/C14H20O4/c1-9-3-2-4-10(6-5-9)14-13(17)12(16)7-11(8-15)18-14/h2-6,9,11-17H,7-8H2,1H3/t9?,11?,12?,13?,14-/m1/s1. The number of hydrogen-bond donors (Lipinski definition) is 3. The summed E-state index contributed by atoms with van der Waals surface area (Å²) in [6, 6.07) is 0. The maximum atomic E-state index is 10.0. The van der Waals surface area contributed by atoms with E-state index in [1.54, 1.807) is 0 Å². The van der Waals surface area contributed by atoms with Crippen LogP contribution in [0.25, 0.3) is 0 Å². The molecule has 1 aliphatic heterocycles. The van der Waals surface area contributed by atoms with Gasteiger partial charge in [0.05, 0.1) is 18.8 Å². The number of ether oxygens (including phenoxy) is 1. The first-order chi connectivity index (χ1) is 8.61. The molecule has 1 fully saturated rings. The highest BCUT2D eigenvalue weighted by Gasteiger charge is 2.37. The predicted octanol–water partition coefficient (Wildman–Crippen LogP) is 0.546. The Bertz CT molecular complexity index is 372. The third-order valence-electron chi connectivity index (χ3n) is 3.38. The summed E-state index contributed by atoms with van der Waals surface area (Å²) in [4.78, 5) is 0. The maximum Gasteiger partial charge on any atom is 0.111 e. The Morgan fingerprint density at radius 2 is 2.11 bits per heavy atom. The van der Waals surface area contributed by atoms with Gasteiger partial charge in [0.1, 0.15) is 12.2 Å². The van der Waals surface area contributed by atoms with Gasteiger partial charge in [-0.05, 0) is 11.5 Å². The normalized spacial score (nSPS) is 40.4. The highest BCUT2D eigenvalue weighted by molar-refractivity contribution is 5.33. The molecule has 3 N–H and O–H groups in total. The van der Waals surface area contributed by atoms with E-state index in [0.29, 0.717) is 5.92 Å². The van der Waals surface area contributed by atoms with Crippen molar-refractivity contribution >= 4 is 0 Å². The largest absolute Gasteiger partial charge is 0.394 e. The fourth-order valence-corrected chi connectivity index (χ4v) is 2.26. The second-order valence-electron chi connectivity index (χ2n) is 4.92. The molecule has 4 unspecified atom stereocenters. The quantitative estimate of drug-likeness (QED) is 0.671. The molecule has 100 valence electrons.